The van der Waals surface area contributed by atoms with Crippen molar-refractivity contribution in [3.05, 3.63) is 52.5 Å². The van der Waals surface area contributed by atoms with Crippen molar-refractivity contribution in [3.63, 3.8) is 0 Å². The third kappa shape index (κ3) is 5.44. The number of fused-ring (bicyclic) bond motifs is 1. The van der Waals surface area contributed by atoms with Gasteiger partial charge in [0.15, 0.2) is 5.13 Å². The van der Waals surface area contributed by atoms with Crippen LogP contribution < -0.4 is 4.90 Å². The molecule has 4 nitrogen and oxygen atoms in total. The van der Waals surface area contributed by atoms with E-state index in [1.807, 2.05) is 57.4 Å². The monoisotopic (exact) mass is 469 g/mol. The average molecular weight is 470 g/mol. The van der Waals surface area contributed by atoms with E-state index in [1.165, 1.54) is 11.3 Å². The fourth-order valence-electron chi connectivity index (χ4n) is 2.86. The predicted molar refractivity (Wildman–Crippen MR) is 130 cm³/mol. The number of hydrogen-bond acceptors (Lipinski definition) is 5. The van der Waals surface area contributed by atoms with E-state index in [0.717, 1.165) is 38.5 Å². The maximum absolute atomic E-state index is 13.5. The second-order valence-electron chi connectivity index (χ2n) is 6.70. The molecule has 1 amide bonds. The van der Waals surface area contributed by atoms with Crippen molar-refractivity contribution in [1.82, 2.24) is 9.88 Å². The van der Waals surface area contributed by atoms with Crippen molar-refractivity contribution in [2.24, 2.45) is 0 Å². The number of amides is 1. The number of likely N-dealkylation sites (N-methyl/N-ethyl adjacent to an activating group) is 1. The standard InChI is InChI=1S/C21H24ClN3OS2.ClH/c1-5-27-17-9-7-6-8-15(17)20(26)25(13-12-24(3)4)21-23-19-14(2)16(22)10-11-18(19)28-21;/h6-11H,5,12-13H2,1-4H3;1H. The van der Waals surface area contributed by atoms with E-state index in [1.54, 1.807) is 16.7 Å². The van der Waals surface area contributed by atoms with Gasteiger partial charge in [0, 0.05) is 23.0 Å². The van der Waals surface area contributed by atoms with Crippen LogP contribution in [0.25, 0.3) is 10.2 Å². The van der Waals surface area contributed by atoms with Crippen LogP contribution in [0.1, 0.15) is 22.8 Å². The average Bonchev–Trinajstić information content (AvgIpc) is 3.10. The molecular weight excluding hydrogens is 445 g/mol. The quantitative estimate of drug-likeness (QED) is 0.397. The Labute approximate surface area is 191 Å². The molecular formula is C21H25Cl2N3OS2. The summed E-state index contributed by atoms with van der Waals surface area (Å²) in [6, 6.07) is 11.7. The van der Waals surface area contributed by atoms with Gasteiger partial charge in [-0.3, -0.25) is 9.69 Å². The highest BCUT2D eigenvalue weighted by Gasteiger charge is 2.24. The van der Waals surface area contributed by atoms with E-state index < -0.39 is 0 Å². The number of carbonyl (C=O) groups excluding carboxylic acids is 1. The molecule has 0 aliphatic rings. The van der Waals surface area contributed by atoms with Crippen molar-refractivity contribution in [1.29, 1.82) is 0 Å². The molecule has 3 rings (SSSR count). The Balaban J connectivity index is 0.00000300. The summed E-state index contributed by atoms with van der Waals surface area (Å²) in [6.45, 7) is 5.39. The van der Waals surface area contributed by atoms with Gasteiger partial charge in [-0.15, -0.1) is 24.2 Å². The Hall–Kier alpha value is -1.31. The first-order valence-corrected chi connectivity index (χ1v) is 11.3. The van der Waals surface area contributed by atoms with Gasteiger partial charge in [0.25, 0.3) is 5.91 Å². The Morgan fingerprint density at radius 1 is 1.17 bits per heavy atom. The Morgan fingerprint density at radius 3 is 2.59 bits per heavy atom. The number of aromatic nitrogens is 1. The number of benzene rings is 2. The van der Waals surface area contributed by atoms with Crippen LogP contribution >= 0.6 is 47.1 Å². The maximum Gasteiger partial charge on any atom is 0.261 e. The molecule has 0 saturated carbocycles. The SMILES string of the molecule is CCSc1ccccc1C(=O)N(CCN(C)C)c1nc2c(C)c(Cl)ccc2s1.Cl. The molecule has 1 aromatic heterocycles. The molecule has 3 aromatic rings. The normalized spacial score (nSPS) is 11.0. The number of hydrogen-bond donors (Lipinski definition) is 0. The van der Waals surface area contributed by atoms with Gasteiger partial charge in [-0.2, -0.15) is 0 Å². The first-order chi connectivity index (χ1) is 13.4. The Morgan fingerprint density at radius 2 is 1.90 bits per heavy atom. The fourth-order valence-corrected chi connectivity index (χ4v) is 4.86. The first kappa shape index (κ1) is 24.0. The second kappa shape index (κ2) is 10.6. The molecule has 0 unspecified atom stereocenters. The lowest BCUT2D eigenvalue weighted by Crippen LogP contribution is -2.37. The number of halogens is 2. The van der Waals surface area contributed by atoms with Gasteiger partial charge in [0.1, 0.15) is 0 Å². The number of rotatable bonds is 7. The van der Waals surface area contributed by atoms with E-state index in [2.05, 4.69) is 11.8 Å². The van der Waals surface area contributed by atoms with E-state index in [0.29, 0.717) is 16.7 Å². The first-order valence-electron chi connectivity index (χ1n) is 9.16. The van der Waals surface area contributed by atoms with Crippen molar-refractivity contribution in [3.8, 4) is 0 Å². The molecule has 0 radical (unpaired) electrons. The summed E-state index contributed by atoms with van der Waals surface area (Å²) in [6.07, 6.45) is 0. The number of nitrogens with zero attached hydrogens (tertiary/aromatic N) is 3. The predicted octanol–water partition coefficient (Wildman–Crippen LogP) is 6.00. The zero-order valence-corrected chi connectivity index (χ0v) is 20.1. The van der Waals surface area contributed by atoms with Gasteiger partial charge in [0.2, 0.25) is 0 Å². The minimum Gasteiger partial charge on any atom is -0.308 e. The molecule has 0 atom stereocenters. The highest BCUT2D eigenvalue weighted by molar-refractivity contribution is 7.99. The third-order valence-corrected chi connectivity index (χ3v) is 6.81. The maximum atomic E-state index is 13.5. The van der Waals surface area contributed by atoms with Crippen molar-refractivity contribution in [2.75, 3.05) is 37.8 Å². The van der Waals surface area contributed by atoms with E-state index >= 15 is 0 Å². The molecule has 0 bridgehead atoms. The van der Waals surface area contributed by atoms with Gasteiger partial charge in [-0.05, 0) is 56.6 Å². The van der Waals surface area contributed by atoms with Gasteiger partial charge in [-0.1, -0.05) is 42.0 Å². The van der Waals surface area contributed by atoms with Crippen molar-refractivity contribution >= 4 is 68.4 Å². The van der Waals surface area contributed by atoms with Crippen LogP contribution in [-0.4, -0.2) is 48.7 Å². The van der Waals surface area contributed by atoms with Crippen LogP contribution in [0.3, 0.4) is 0 Å². The summed E-state index contributed by atoms with van der Waals surface area (Å²) >= 11 is 9.48. The number of thiazole rings is 1. The molecule has 29 heavy (non-hydrogen) atoms. The summed E-state index contributed by atoms with van der Waals surface area (Å²) in [5.74, 6) is 0.905. The van der Waals surface area contributed by atoms with Crippen molar-refractivity contribution < 1.29 is 4.79 Å². The molecule has 0 aliphatic carbocycles. The molecule has 0 aliphatic heterocycles. The zero-order valence-electron chi connectivity index (χ0n) is 16.9. The molecule has 156 valence electrons. The van der Waals surface area contributed by atoms with Crippen LogP contribution in [0.15, 0.2) is 41.3 Å². The van der Waals surface area contributed by atoms with E-state index in [4.69, 9.17) is 16.6 Å². The fraction of sp³-hybridized carbons (Fsp3) is 0.333. The lowest BCUT2D eigenvalue weighted by molar-refractivity contribution is 0.0982. The summed E-state index contributed by atoms with van der Waals surface area (Å²) in [4.78, 5) is 23.2. The van der Waals surface area contributed by atoms with E-state index in [9.17, 15) is 4.79 Å². The summed E-state index contributed by atoms with van der Waals surface area (Å²) in [5, 5.41) is 1.41. The molecule has 0 N–H and O–H groups in total. The van der Waals surface area contributed by atoms with Crippen LogP contribution in [-0.2, 0) is 0 Å². The topological polar surface area (TPSA) is 36.4 Å². The Bertz CT molecular complexity index is 991. The minimum atomic E-state index is -0.0128. The summed E-state index contributed by atoms with van der Waals surface area (Å²) in [7, 11) is 4.01. The van der Waals surface area contributed by atoms with Gasteiger partial charge in [0.05, 0.1) is 15.8 Å². The number of aryl methyl sites for hydroxylation is 1. The summed E-state index contributed by atoms with van der Waals surface area (Å²) < 4.78 is 1.04. The number of anilines is 1. The molecule has 1 heterocycles. The van der Waals surface area contributed by atoms with Gasteiger partial charge < -0.3 is 4.90 Å². The third-order valence-electron chi connectivity index (χ3n) is 4.40. The lowest BCUT2D eigenvalue weighted by Gasteiger charge is -2.23. The lowest BCUT2D eigenvalue weighted by atomic mass is 10.2. The molecule has 2 aromatic carbocycles. The molecule has 8 heteroatoms. The minimum absolute atomic E-state index is 0. The Kier molecular flexibility index (Phi) is 8.79. The highest BCUT2D eigenvalue weighted by Crippen LogP contribution is 2.34. The molecule has 0 spiro atoms. The largest absolute Gasteiger partial charge is 0.308 e. The van der Waals surface area contributed by atoms with Crippen LogP contribution in [0.2, 0.25) is 5.02 Å². The highest BCUT2D eigenvalue weighted by atomic mass is 35.5. The zero-order chi connectivity index (χ0) is 20.3. The van der Waals surface area contributed by atoms with Crippen LogP contribution in [0.5, 0.6) is 0 Å². The van der Waals surface area contributed by atoms with E-state index in [-0.39, 0.29) is 18.3 Å². The summed E-state index contributed by atoms with van der Waals surface area (Å²) in [5.41, 5.74) is 2.54. The van der Waals surface area contributed by atoms with Crippen LogP contribution in [0, 0.1) is 6.92 Å². The van der Waals surface area contributed by atoms with Gasteiger partial charge >= 0.3 is 0 Å². The smallest absolute Gasteiger partial charge is 0.261 e. The molecule has 0 fully saturated rings. The van der Waals surface area contributed by atoms with Crippen LogP contribution in [0.4, 0.5) is 5.13 Å². The number of thioether (sulfide) groups is 1. The van der Waals surface area contributed by atoms with Gasteiger partial charge in [-0.25, -0.2) is 4.98 Å². The molecule has 0 saturated heterocycles. The second-order valence-corrected chi connectivity index (χ2v) is 9.43. The van der Waals surface area contributed by atoms with Crippen molar-refractivity contribution in [2.45, 2.75) is 18.7 Å². The number of carbonyl (C=O) groups is 1.